The Morgan fingerprint density at radius 3 is 2.81 bits per heavy atom. The number of rotatable bonds is 2. The van der Waals surface area contributed by atoms with Gasteiger partial charge in [-0.05, 0) is 36.2 Å². The smallest absolute Gasteiger partial charge is 0.232 e. The number of halogens is 2. The summed E-state index contributed by atoms with van der Waals surface area (Å²) in [7, 11) is 0. The summed E-state index contributed by atoms with van der Waals surface area (Å²) in [4.78, 5) is 12.5. The van der Waals surface area contributed by atoms with Gasteiger partial charge in [0.15, 0.2) is 0 Å². The van der Waals surface area contributed by atoms with Crippen molar-refractivity contribution < 1.29 is 4.79 Å². The average Bonchev–Trinajstić information content (AvgIpc) is 2.49. The topological polar surface area (TPSA) is 41.1 Å². The first kappa shape index (κ1) is 14.2. The van der Waals surface area contributed by atoms with Gasteiger partial charge in [-0.2, -0.15) is 0 Å². The largest absolute Gasteiger partial charge is 0.385 e. The van der Waals surface area contributed by atoms with Crippen LogP contribution in [0.4, 0.5) is 11.4 Å². The number of benzene rings is 2. The van der Waals surface area contributed by atoms with Crippen molar-refractivity contribution in [3.8, 4) is 0 Å². The van der Waals surface area contributed by atoms with Crippen molar-refractivity contribution in [1.29, 1.82) is 0 Å². The Kier molecular flexibility index (Phi) is 4.04. The Labute approximate surface area is 133 Å². The van der Waals surface area contributed by atoms with Crippen LogP contribution in [0.3, 0.4) is 0 Å². The Hall–Kier alpha value is -1.71. The maximum atomic E-state index is 12.5. The van der Waals surface area contributed by atoms with Gasteiger partial charge in [-0.1, -0.05) is 41.4 Å². The van der Waals surface area contributed by atoms with Crippen molar-refractivity contribution in [1.82, 2.24) is 0 Å². The van der Waals surface area contributed by atoms with Crippen LogP contribution >= 0.6 is 23.2 Å². The number of amides is 1. The quantitative estimate of drug-likeness (QED) is 0.853. The lowest BCUT2D eigenvalue weighted by molar-refractivity contribution is -0.117. The van der Waals surface area contributed by atoms with Crippen LogP contribution in [0.25, 0.3) is 0 Å². The van der Waals surface area contributed by atoms with E-state index in [2.05, 4.69) is 10.6 Å². The second kappa shape index (κ2) is 5.96. The number of carbonyl (C=O) groups is 1. The average molecular weight is 321 g/mol. The molecule has 1 unspecified atom stereocenters. The molecule has 1 heterocycles. The number of fused-ring (bicyclic) bond motifs is 1. The van der Waals surface area contributed by atoms with Crippen molar-refractivity contribution in [3.63, 3.8) is 0 Å². The van der Waals surface area contributed by atoms with Crippen molar-refractivity contribution in [2.24, 2.45) is 0 Å². The molecule has 0 saturated carbocycles. The molecule has 2 aromatic rings. The molecule has 108 valence electrons. The molecular weight excluding hydrogens is 307 g/mol. The molecule has 0 aliphatic carbocycles. The molecular formula is C16H14Cl2N2O. The summed E-state index contributed by atoms with van der Waals surface area (Å²) in [5.74, 6) is -0.220. The number of anilines is 2. The molecule has 3 nitrogen and oxygen atoms in total. The third-order valence-electron chi connectivity index (χ3n) is 3.59. The highest BCUT2D eigenvalue weighted by atomic mass is 35.5. The molecule has 1 atom stereocenters. The molecule has 0 fully saturated rings. The van der Waals surface area contributed by atoms with Crippen molar-refractivity contribution in [3.05, 3.63) is 58.1 Å². The Morgan fingerprint density at radius 2 is 2.00 bits per heavy atom. The van der Waals surface area contributed by atoms with Crippen molar-refractivity contribution in [2.75, 3.05) is 17.2 Å². The summed E-state index contributed by atoms with van der Waals surface area (Å²) >= 11 is 12.0. The van der Waals surface area contributed by atoms with E-state index in [9.17, 15) is 4.79 Å². The second-order valence-electron chi connectivity index (χ2n) is 4.97. The molecule has 1 amide bonds. The van der Waals surface area contributed by atoms with E-state index in [1.165, 1.54) is 0 Å². The molecule has 0 aromatic heterocycles. The van der Waals surface area contributed by atoms with Crippen molar-refractivity contribution >= 4 is 40.5 Å². The zero-order valence-corrected chi connectivity index (χ0v) is 12.7. The van der Waals surface area contributed by atoms with Gasteiger partial charge in [0.2, 0.25) is 5.91 Å². The fourth-order valence-electron chi connectivity index (χ4n) is 2.55. The highest BCUT2D eigenvalue weighted by Gasteiger charge is 2.26. The predicted octanol–water partition coefficient (Wildman–Crippen LogP) is 4.53. The minimum Gasteiger partial charge on any atom is -0.385 e. The van der Waals surface area contributed by atoms with Gasteiger partial charge in [-0.25, -0.2) is 0 Å². The van der Waals surface area contributed by atoms with Gasteiger partial charge >= 0.3 is 0 Å². The van der Waals surface area contributed by atoms with Gasteiger partial charge in [0.25, 0.3) is 0 Å². The molecule has 5 heteroatoms. The Balaban J connectivity index is 1.83. The fraction of sp³-hybridized carbons (Fsp3) is 0.188. The first-order valence-corrected chi connectivity index (χ1v) is 7.49. The maximum Gasteiger partial charge on any atom is 0.232 e. The zero-order valence-electron chi connectivity index (χ0n) is 11.2. The standard InChI is InChI=1S/C16H14Cl2N2O/c17-10-5-6-15(13(18)9-10)20-16(21)12-7-8-19-14-4-2-1-3-11(12)14/h1-6,9,12,19H,7-8H2,(H,20,21). The predicted molar refractivity (Wildman–Crippen MR) is 87.4 cm³/mol. The minimum atomic E-state index is -0.172. The molecule has 3 rings (SSSR count). The number of nitrogens with one attached hydrogen (secondary N) is 2. The van der Waals surface area contributed by atoms with E-state index in [1.807, 2.05) is 24.3 Å². The zero-order chi connectivity index (χ0) is 14.8. The van der Waals surface area contributed by atoms with E-state index < -0.39 is 0 Å². The van der Waals surface area contributed by atoms with E-state index in [0.29, 0.717) is 15.7 Å². The van der Waals surface area contributed by atoms with Crippen LogP contribution in [0.2, 0.25) is 10.0 Å². The summed E-state index contributed by atoms with van der Waals surface area (Å²) in [5, 5.41) is 7.19. The molecule has 1 aliphatic rings. The molecule has 2 aromatic carbocycles. The van der Waals surface area contributed by atoms with E-state index in [0.717, 1.165) is 24.2 Å². The normalized spacial score (nSPS) is 16.8. The molecule has 21 heavy (non-hydrogen) atoms. The number of carbonyl (C=O) groups excluding carboxylic acids is 1. The van der Waals surface area contributed by atoms with Gasteiger partial charge in [0, 0.05) is 17.3 Å². The highest BCUT2D eigenvalue weighted by molar-refractivity contribution is 6.36. The van der Waals surface area contributed by atoms with E-state index in [4.69, 9.17) is 23.2 Å². The number of hydrogen-bond acceptors (Lipinski definition) is 2. The highest BCUT2D eigenvalue weighted by Crippen LogP contribution is 2.33. The summed E-state index contributed by atoms with van der Waals surface area (Å²) in [5.41, 5.74) is 2.62. The van der Waals surface area contributed by atoms with E-state index in [-0.39, 0.29) is 11.8 Å². The van der Waals surface area contributed by atoms with Crippen LogP contribution in [0, 0.1) is 0 Å². The summed E-state index contributed by atoms with van der Waals surface area (Å²) in [6, 6.07) is 12.9. The van der Waals surface area contributed by atoms with Gasteiger partial charge in [0.05, 0.1) is 16.6 Å². The number of para-hydroxylation sites is 1. The third-order valence-corrected chi connectivity index (χ3v) is 4.14. The SMILES string of the molecule is O=C(Nc1ccc(Cl)cc1Cl)C1CCNc2ccccc21. The van der Waals surface area contributed by atoms with Crippen LogP contribution in [-0.4, -0.2) is 12.5 Å². The van der Waals surface area contributed by atoms with Gasteiger partial charge in [-0.15, -0.1) is 0 Å². The lowest BCUT2D eigenvalue weighted by Gasteiger charge is -2.26. The van der Waals surface area contributed by atoms with Gasteiger partial charge in [-0.3, -0.25) is 4.79 Å². The van der Waals surface area contributed by atoms with Crippen LogP contribution in [0.1, 0.15) is 17.9 Å². The maximum absolute atomic E-state index is 12.5. The molecule has 0 saturated heterocycles. The van der Waals surface area contributed by atoms with Crippen molar-refractivity contribution in [2.45, 2.75) is 12.3 Å². The first-order valence-electron chi connectivity index (χ1n) is 6.74. The van der Waals surface area contributed by atoms with Crippen LogP contribution in [0.15, 0.2) is 42.5 Å². The lowest BCUT2D eigenvalue weighted by Crippen LogP contribution is -2.27. The molecule has 0 radical (unpaired) electrons. The fourth-order valence-corrected chi connectivity index (χ4v) is 3.01. The van der Waals surface area contributed by atoms with Crippen LogP contribution in [-0.2, 0) is 4.79 Å². The lowest BCUT2D eigenvalue weighted by atomic mass is 9.90. The van der Waals surface area contributed by atoms with Crippen LogP contribution < -0.4 is 10.6 Å². The van der Waals surface area contributed by atoms with Gasteiger partial charge < -0.3 is 10.6 Å². The monoisotopic (exact) mass is 320 g/mol. The van der Waals surface area contributed by atoms with E-state index >= 15 is 0 Å². The third kappa shape index (κ3) is 2.99. The van der Waals surface area contributed by atoms with Crippen LogP contribution in [0.5, 0.6) is 0 Å². The first-order chi connectivity index (χ1) is 10.1. The Bertz CT molecular complexity index is 688. The molecule has 0 bridgehead atoms. The molecule has 2 N–H and O–H groups in total. The summed E-state index contributed by atoms with van der Waals surface area (Å²) in [6.07, 6.45) is 0.758. The molecule has 1 aliphatic heterocycles. The second-order valence-corrected chi connectivity index (χ2v) is 5.81. The minimum absolute atomic E-state index is 0.0480. The molecule has 0 spiro atoms. The number of hydrogen-bond donors (Lipinski definition) is 2. The van der Waals surface area contributed by atoms with E-state index in [1.54, 1.807) is 18.2 Å². The summed E-state index contributed by atoms with van der Waals surface area (Å²) < 4.78 is 0. The van der Waals surface area contributed by atoms with Gasteiger partial charge in [0.1, 0.15) is 0 Å². The Morgan fingerprint density at radius 1 is 1.19 bits per heavy atom. The summed E-state index contributed by atoms with van der Waals surface area (Å²) in [6.45, 7) is 0.781.